The predicted octanol–water partition coefficient (Wildman–Crippen LogP) is 2.87. The Kier molecular flexibility index (Phi) is 5.86. The molecule has 7 rings (SSSR count). The molecule has 11 nitrogen and oxygen atoms in total. The number of hydrogen-bond acceptors (Lipinski definition) is 10. The molecule has 0 amide bonds. The molecule has 3 aliphatic rings. The Morgan fingerprint density at radius 2 is 2.11 bits per heavy atom. The number of nitrogens with zero attached hydrogens (tertiary/aromatic N) is 6. The van der Waals surface area contributed by atoms with Gasteiger partial charge in [-0.25, -0.2) is 15.0 Å². The van der Waals surface area contributed by atoms with E-state index in [1.165, 1.54) is 0 Å². The first-order valence-electron chi connectivity index (χ1n) is 13.0. The van der Waals surface area contributed by atoms with Gasteiger partial charge in [-0.15, -0.1) is 0 Å². The van der Waals surface area contributed by atoms with E-state index >= 15 is 0 Å². The van der Waals surface area contributed by atoms with Crippen molar-refractivity contribution in [3.8, 4) is 22.9 Å². The van der Waals surface area contributed by atoms with Gasteiger partial charge in [0.1, 0.15) is 12.4 Å². The lowest BCUT2D eigenvalue weighted by atomic mass is 10.1. The second-order valence-corrected chi connectivity index (χ2v) is 9.71. The van der Waals surface area contributed by atoms with Crippen LogP contribution in [0.1, 0.15) is 0 Å². The second-order valence-electron chi connectivity index (χ2n) is 9.71. The molecule has 2 saturated heterocycles. The van der Waals surface area contributed by atoms with Crippen LogP contribution in [0.25, 0.3) is 16.9 Å². The van der Waals surface area contributed by atoms with Crippen LogP contribution in [0.5, 0.6) is 11.6 Å². The Balaban J connectivity index is 1.18. The van der Waals surface area contributed by atoms with Gasteiger partial charge >= 0.3 is 0 Å². The quantitative estimate of drug-likeness (QED) is 0.413. The third kappa shape index (κ3) is 4.23. The summed E-state index contributed by atoms with van der Waals surface area (Å²) in [5.74, 6) is 2.09. The van der Waals surface area contributed by atoms with E-state index in [2.05, 4.69) is 42.5 Å². The van der Waals surface area contributed by atoms with Gasteiger partial charge in [0.15, 0.2) is 11.5 Å². The van der Waals surface area contributed by atoms with E-state index in [-0.39, 0.29) is 0 Å². The molecule has 11 heteroatoms. The van der Waals surface area contributed by atoms with Crippen LogP contribution in [0.2, 0.25) is 0 Å². The highest BCUT2D eigenvalue weighted by Crippen LogP contribution is 2.35. The summed E-state index contributed by atoms with van der Waals surface area (Å²) in [4.78, 5) is 18.8. The van der Waals surface area contributed by atoms with Gasteiger partial charge in [0, 0.05) is 74.8 Å². The van der Waals surface area contributed by atoms with Crippen molar-refractivity contribution >= 4 is 28.5 Å². The third-order valence-corrected chi connectivity index (χ3v) is 7.40. The summed E-state index contributed by atoms with van der Waals surface area (Å²) in [6.07, 6.45) is 7.43. The molecular weight excluding hydrogens is 484 g/mol. The lowest BCUT2D eigenvalue weighted by Gasteiger charge is -2.44. The summed E-state index contributed by atoms with van der Waals surface area (Å²) < 4.78 is 19.2. The van der Waals surface area contributed by atoms with Crippen molar-refractivity contribution in [2.45, 2.75) is 6.04 Å². The third-order valence-electron chi connectivity index (χ3n) is 7.40. The van der Waals surface area contributed by atoms with E-state index < -0.39 is 0 Å². The van der Waals surface area contributed by atoms with E-state index in [9.17, 15) is 0 Å². The minimum Gasteiger partial charge on any atom is -0.495 e. The first kappa shape index (κ1) is 23.1. The molecular formula is C27H30N8O3. The number of ether oxygens (including phenoxy) is 3. The lowest BCUT2D eigenvalue weighted by Crippen LogP contribution is -2.58. The van der Waals surface area contributed by atoms with Gasteiger partial charge < -0.3 is 34.1 Å². The highest BCUT2D eigenvalue weighted by Gasteiger charge is 2.30. The minimum absolute atomic E-state index is 0.417. The Bertz CT molecular complexity index is 1470. The van der Waals surface area contributed by atoms with E-state index in [1.54, 1.807) is 19.5 Å². The number of nitrogens with one attached hydrogen (secondary N) is 2. The molecule has 38 heavy (non-hydrogen) atoms. The minimum atomic E-state index is 0.417. The zero-order valence-corrected chi connectivity index (χ0v) is 21.3. The maximum Gasteiger partial charge on any atom is 0.237 e. The van der Waals surface area contributed by atoms with Crippen molar-refractivity contribution in [2.75, 3.05) is 75.2 Å². The first-order valence-corrected chi connectivity index (χ1v) is 13.0. The maximum absolute atomic E-state index is 5.84. The molecule has 6 heterocycles. The summed E-state index contributed by atoms with van der Waals surface area (Å²) in [7, 11) is 1.72. The molecule has 0 spiro atoms. The summed E-state index contributed by atoms with van der Waals surface area (Å²) in [6.45, 7) is 6.91. The second kappa shape index (κ2) is 9.66. The van der Waals surface area contributed by atoms with Crippen LogP contribution in [0.4, 0.5) is 22.9 Å². The summed E-state index contributed by atoms with van der Waals surface area (Å²) in [6, 6.07) is 8.64. The average molecular weight is 515 g/mol. The van der Waals surface area contributed by atoms with Gasteiger partial charge in [-0.05, 0) is 18.2 Å². The normalized spacial score (nSPS) is 19.3. The van der Waals surface area contributed by atoms with Gasteiger partial charge in [0.05, 0.1) is 43.4 Å². The number of anilines is 4. The van der Waals surface area contributed by atoms with Crippen LogP contribution in [0.3, 0.4) is 0 Å². The molecule has 1 atom stereocenters. The highest BCUT2D eigenvalue weighted by atomic mass is 16.5. The van der Waals surface area contributed by atoms with Gasteiger partial charge in [-0.3, -0.25) is 4.90 Å². The molecule has 1 unspecified atom stereocenters. The lowest BCUT2D eigenvalue weighted by molar-refractivity contribution is -0.0117. The summed E-state index contributed by atoms with van der Waals surface area (Å²) in [5, 5.41) is 6.82. The Hall–Kier alpha value is -4.09. The van der Waals surface area contributed by atoms with E-state index in [0.717, 1.165) is 85.7 Å². The molecule has 2 fully saturated rings. The molecule has 0 saturated carbocycles. The van der Waals surface area contributed by atoms with Crippen molar-refractivity contribution in [3.63, 3.8) is 0 Å². The van der Waals surface area contributed by atoms with Crippen LogP contribution in [0, 0.1) is 0 Å². The number of morpholine rings is 1. The van der Waals surface area contributed by atoms with Crippen molar-refractivity contribution in [1.82, 2.24) is 24.3 Å². The number of piperazine rings is 1. The molecule has 3 aliphatic heterocycles. The largest absolute Gasteiger partial charge is 0.495 e. The van der Waals surface area contributed by atoms with Crippen LogP contribution in [-0.4, -0.2) is 89.9 Å². The smallest absolute Gasteiger partial charge is 0.237 e. The molecule has 4 aromatic rings. The van der Waals surface area contributed by atoms with Crippen LogP contribution < -0.4 is 25.0 Å². The van der Waals surface area contributed by atoms with Crippen molar-refractivity contribution < 1.29 is 14.2 Å². The zero-order valence-electron chi connectivity index (χ0n) is 21.3. The van der Waals surface area contributed by atoms with Crippen molar-refractivity contribution in [1.29, 1.82) is 0 Å². The zero-order chi connectivity index (χ0) is 25.5. The maximum atomic E-state index is 5.84. The Labute approximate surface area is 220 Å². The van der Waals surface area contributed by atoms with Gasteiger partial charge in [0.2, 0.25) is 5.88 Å². The number of fused-ring (bicyclic) bond motifs is 3. The number of benzene rings is 1. The van der Waals surface area contributed by atoms with E-state index in [1.807, 2.05) is 28.9 Å². The van der Waals surface area contributed by atoms with Crippen LogP contribution in [0.15, 0.2) is 49.1 Å². The van der Waals surface area contributed by atoms with Crippen molar-refractivity contribution in [3.05, 3.63) is 49.1 Å². The molecule has 0 radical (unpaired) electrons. The first-order chi connectivity index (χ1) is 18.7. The summed E-state index contributed by atoms with van der Waals surface area (Å²) >= 11 is 0. The average Bonchev–Trinajstić information content (AvgIpc) is 3.46. The van der Waals surface area contributed by atoms with Crippen molar-refractivity contribution in [2.24, 2.45) is 0 Å². The monoisotopic (exact) mass is 514 g/mol. The number of hydrogen-bond donors (Lipinski definition) is 2. The topological polar surface area (TPSA) is 101 Å². The SMILES string of the molecule is COc1cc(Nc2nc(-c3cnc4c(c3)NCCO4)cn3ccnc23)ccc1N1CCN2CCOCC2C1. The number of rotatable bonds is 5. The summed E-state index contributed by atoms with van der Waals surface area (Å²) in [5.41, 5.74) is 5.23. The number of pyridine rings is 1. The number of imidazole rings is 1. The van der Waals surface area contributed by atoms with Crippen LogP contribution in [-0.2, 0) is 4.74 Å². The van der Waals surface area contributed by atoms with Gasteiger partial charge in [-0.1, -0.05) is 0 Å². The van der Waals surface area contributed by atoms with Gasteiger partial charge in [-0.2, -0.15) is 0 Å². The number of aromatic nitrogens is 4. The van der Waals surface area contributed by atoms with Crippen LogP contribution >= 0.6 is 0 Å². The molecule has 0 bridgehead atoms. The van der Waals surface area contributed by atoms with E-state index in [0.29, 0.717) is 24.3 Å². The predicted molar refractivity (Wildman–Crippen MR) is 145 cm³/mol. The molecule has 196 valence electrons. The molecule has 1 aromatic carbocycles. The fourth-order valence-corrected chi connectivity index (χ4v) is 5.44. The molecule has 3 aromatic heterocycles. The standard InChI is InChI=1S/C27H30N8O3/c1-36-24-13-19(2-3-23(24)34-8-7-33-9-11-37-17-20(33)15-34)31-25-26-29-4-6-35(26)16-22(32-25)18-12-21-27(30-14-18)38-10-5-28-21/h2-4,6,12-14,16,20,28H,5,7-11,15,17H2,1H3,(H,31,32). The Morgan fingerprint density at radius 1 is 1.13 bits per heavy atom. The Morgan fingerprint density at radius 3 is 3.05 bits per heavy atom. The fraction of sp³-hybridized carbons (Fsp3) is 0.370. The molecule has 2 N–H and O–H groups in total. The highest BCUT2D eigenvalue weighted by molar-refractivity contribution is 5.77. The van der Waals surface area contributed by atoms with Gasteiger partial charge in [0.25, 0.3) is 0 Å². The number of methoxy groups -OCH3 is 1. The molecule has 0 aliphatic carbocycles. The fourth-order valence-electron chi connectivity index (χ4n) is 5.44. The van der Waals surface area contributed by atoms with E-state index in [4.69, 9.17) is 19.2 Å².